The normalized spacial score (nSPS) is 15.3. The zero-order valence-corrected chi connectivity index (χ0v) is 17.4. The number of hydrogen-bond donors (Lipinski definition) is 0. The standard InChI is InChI=1S/C17H25Cl3OSi/c1-13-8-7-9-14(12-13)10-11-15(17(18,19)20)21-22(5,6)16(2,3)4/h7-12,15H,1-6H3/b11-10+/t15-/m0/s1. The molecule has 0 saturated heterocycles. The van der Waals surface area contributed by atoms with Crippen molar-refractivity contribution in [3.05, 3.63) is 41.5 Å². The highest BCUT2D eigenvalue weighted by atomic mass is 35.6. The fourth-order valence-corrected chi connectivity index (χ4v) is 3.50. The summed E-state index contributed by atoms with van der Waals surface area (Å²) in [6, 6.07) is 8.16. The summed E-state index contributed by atoms with van der Waals surface area (Å²) in [5.74, 6) is 0. The maximum absolute atomic E-state index is 6.28. The lowest BCUT2D eigenvalue weighted by Gasteiger charge is -2.40. The van der Waals surface area contributed by atoms with Crippen molar-refractivity contribution in [1.82, 2.24) is 0 Å². The van der Waals surface area contributed by atoms with Crippen LogP contribution in [0, 0.1) is 6.92 Å². The molecule has 5 heteroatoms. The molecular weight excluding hydrogens is 355 g/mol. The molecule has 0 unspecified atom stereocenters. The van der Waals surface area contributed by atoms with Gasteiger partial charge in [-0.3, -0.25) is 0 Å². The van der Waals surface area contributed by atoms with Crippen molar-refractivity contribution < 1.29 is 4.43 Å². The Balaban J connectivity index is 3.01. The molecule has 0 bridgehead atoms. The molecule has 0 spiro atoms. The van der Waals surface area contributed by atoms with Crippen LogP contribution in [0.3, 0.4) is 0 Å². The van der Waals surface area contributed by atoms with E-state index in [0.29, 0.717) is 0 Å². The molecule has 0 aliphatic carbocycles. The number of benzene rings is 1. The average Bonchev–Trinajstić information content (AvgIpc) is 2.31. The number of alkyl halides is 3. The molecule has 0 saturated carbocycles. The first-order chi connectivity index (χ1) is 9.83. The second kappa shape index (κ2) is 7.27. The van der Waals surface area contributed by atoms with E-state index in [1.165, 1.54) is 5.56 Å². The molecule has 0 N–H and O–H groups in total. The van der Waals surface area contributed by atoms with Gasteiger partial charge in [-0.2, -0.15) is 0 Å². The number of rotatable bonds is 4. The fraction of sp³-hybridized carbons (Fsp3) is 0.529. The molecule has 1 nitrogen and oxygen atoms in total. The Kier molecular flexibility index (Phi) is 6.63. The summed E-state index contributed by atoms with van der Waals surface area (Å²) in [5, 5.41) is 0.0539. The van der Waals surface area contributed by atoms with Crippen molar-refractivity contribution in [2.24, 2.45) is 0 Å². The lowest BCUT2D eigenvalue weighted by molar-refractivity contribution is 0.229. The molecule has 0 radical (unpaired) electrons. The summed E-state index contributed by atoms with van der Waals surface area (Å²) in [7, 11) is -2.03. The molecule has 124 valence electrons. The third kappa shape index (κ3) is 5.90. The highest BCUT2D eigenvalue weighted by molar-refractivity contribution is 6.74. The van der Waals surface area contributed by atoms with Gasteiger partial charge in [0.05, 0.1) is 0 Å². The first-order valence-corrected chi connectivity index (χ1v) is 11.4. The van der Waals surface area contributed by atoms with Gasteiger partial charge in [-0.1, -0.05) is 97.6 Å². The van der Waals surface area contributed by atoms with Crippen molar-refractivity contribution in [1.29, 1.82) is 0 Å². The SMILES string of the molecule is Cc1cccc(/C=C/[C@H](O[Si](C)(C)C(C)(C)C)C(Cl)(Cl)Cl)c1. The first kappa shape index (κ1) is 20.1. The average molecular weight is 380 g/mol. The Labute approximate surface area is 150 Å². The van der Waals surface area contributed by atoms with Crippen LogP contribution in [0.5, 0.6) is 0 Å². The summed E-state index contributed by atoms with van der Waals surface area (Å²) >= 11 is 18.4. The van der Waals surface area contributed by atoms with Crippen LogP contribution in [-0.2, 0) is 4.43 Å². The van der Waals surface area contributed by atoms with Crippen LogP contribution in [0.25, 0.3) is 6.08 Å². The Morgan fingerprint density at radius 3 is 2.18 bits per heavy atom. The summed E-state index contributed by atoms with van der Waals surface area (Å²) in [5.41, 5.74) is 2.26. The van der Waals surface area contributed by atoms with E-state index in [1.807, 2.05) is 24.3 Å². The van der Waals surface area contributed by atoms with Crippen LogP contribution in [-0.4, -0.2) is 18.2 Å². The van der Waals surface area contributed by atoms with Crippen molar-refractivity contribution in [2.45, 2.75) is 55.7 Å². The second-order valence-electron chi connectivity index (χ2n) is 7.11. The van der Waals surface area contributed by atoms with E-state index in [1.54, 1.807) is 0 Å². The van der Waals surface area contributed by atoms with Crippen molar-refractivity contribution >= 4 is 49.2 Å². The predicted octanol–water partition coefficient (Wildman–Crippen LogP) is 6.77. The zero-order valence-electron chi connectivity index (χ0n) is 14.1. The van der Waals surface area contributed by atoms with Gasteiger partial charge in [-0.05, 0) is 30.6 Å². The third-order valence-corrected chi connectivity index (χ3v) is 9.16. The molecule has 1 rings (SSSR count). The molecule has 0 amide bonds. The minimum absolute atomic E-state index is 0.0539. The van der Waals surface area contributed by atoms with Crippen LogP contribution >= 0.6 is 34.8 Å². The van der Waals surface area contributed by atoms with E-state index < -0.39 is 18.2 Å². The lowest BCUT2D eigenvalue weighted by atomic mass is 10.1. The first-order valence-electron chi connectivity index (χ1n) is 7.32. The largest absolute Gasteiger partial charge is 0.406 e. The van der Waals surface area contributed by atoms with Gasteiger partial charge >= 0.3 is 0 Å². The Morgan fingerprint density at radius 1 is 1.14 bits per heavy atom. The van der Waals surface area contributed by atoms with E-state index in [4.69, 9.17) is 39.2 Å². The molecule has 0 aromatic heterocycles. The quantitative estimate of drug-likeness (QED) is 0.414. The lowest BCUT2D eigenvalue weighted by Crippen LogP contribution is -2.46. The van der Waals surface area contributed by atoms with E-state index in [0.717, 1.165) is 5.56 Å². The van der Waals surface area contributed by atoms with E-state index in [-0.39, 0.29) is 5.04 Å². The summed E-state index contributed by atoms with van der Waals surface area (Å²) < 4.78 is 4.78. The van der Waals surface area contributed by atoms with Gasteiger partial charge in [-0.25, -0.2) is 0 Å². The minimum Gasteiger partial charge on any atom is -0.406 e. The van der Waals surface area contributed by atoms with Crippen LogP contribution in [0.15, 0.2) is 30.3 Å². The highest BCUT2D eigenvalue weighted by Gasteiger charge is 2.43. The smallest absolute Gasteiger partial charge is 0.218 e. The molecule has 0 aliphatic rings. The van der Waals surface area contributed by atoms with Gasteiger partial charge < -0.3 is 4.43 Å². The van der Waals surface area contributed by atoms with Gasteiger partial charge in [-0.15, -0.1) is 0 Å². The summed E-state index contributed by atoms with van der Waals surface area (Å²) in [6.07, 6.45) is 3.23. The van der Waals surface area contributed by atoms with Crippen molar-refractivity contribution in [3.8, 4) is 0 Å². The predicted molar refractivity (Wildman–Crippen MR) is 103 cm³/mol. The zero-order chi connectivity index (χ0) is 17.2. The monoisotopic (exact) mass is 378 g/mol. The minimum atomic E-state index is -2.03. The molecule has 0 heterocycles. The molecule has 1 aromatic rings. The third-order valence-electron chi connectivity index (χ3n) is 4.06. The molecular formula is C17H25Cl3OSi. The maximum Gasteiger partial charge on any atom is 0.218 e. The molecule has 0 aliphatic heterocycles. The van der Waals surface area contributed by atoms with E-state index >= 15 is 0 Å². The second-order valence-corrected chi connectivity index (χ2v) is 14.2. The van der Waals surface area contributed by atoms with Crippen molar-refractivity contribution in [3.63, 3.8) is 0 Å². The molecule has 0 fully saturated rings. The van der Waals surface area contributed by atoms with Crippen LogP contribution in [0.4, 0.5) is 0 Å². The Hall–Kier alpha value is 0.00688. The molecule has 1 aromatic carbocycles. The topological polar surface area (TPSA) is 9.23 Å². The van der Waals surface area contributed by atoms with Gasteiger partial charge in [0.1, 0.15) is 6.10 Å². The van der Waals surface area contributed by atoms with Gasteiger partial charge in [0.2, 0.25) is 3.79 Å². The molecule has 1 atom stereocenters. The molecule has 22 heavy (non-hydrogen) atoms. The van der Waals surface area contributed by atoms with Crippen LogP contribution in [0.1, 0.15) is 31.9 Å². The van der Waals surface area contributed by atoms with Gasteiger partial charge in [0.15, 0.2) is 8.32 Å². The van der Waals surface area contributed by atoms with Crippen LogP contribution in [0.2, 0.25) is 18.1 Å². The maximum atomic E-state index is 6.28. The fourth-order valence-electron chi connectivity index (χ4n) is 1.68. The summed E-state index contributed by atoms with van der Waals surface area (Å²) in [4.78, 5) is 0. The van der Waals surface area contributed by atoms with E-state index in [9.17, 15) is 0 Å². The highest BCUT2D eigenvalue weighted by Crippen LogP contribution is 2.42. The summed E-state index contributed by atoms with van der Waals surface area (Å²) in [6.45, 7) is 12.8. The van der Waals surface area contributed by atoms with Crippen LogP contribution < -0.4 is 0 Å². The van der Waals surface area contributed by atoms with Gasteiger partial charge in [0.25, 0.3) is 0 Å². The van der Waals surface area contributed by atoms with E-state index in [2.05, 4.69) is 52.9 Å². The van der Waals surface area contributed by atoms with Crippen molar-refractivity contribution in [2.75, 3.05) is 0 Å². The Bertz CT molecular complexity index is 527. The number of aryl methyl sites for hydroxylation is 1. The number of hydrogen-bond acceptors (Lipinski definition) is 1. The number of halogens is 3. The Morgan fingerprint density at radius 2 is 1.73 bits per heavy atom. The van der Waals surface area contributed by atoms with Gasteiger partial charge in [0, 0.05) is 0 Å².